The molecule has 0 saturated carbocycles. The molecular formula is C14H11N3O2. The predicted molar refractivity (Wildman–Crippen MR) is 71.0 cm³/mol. The second kappa shape index (κ2) is 4.20. The number of hydrogen-bond donors (Lipinski definition) is 2. The standard InChI is InChI=1S/C14H11N3O2/c1-8-15-11-6-2-4-9(13(11)16-8)10-5-3-7-12(17-10)14(18)19/h2-7H,1H3,(H,15,16)(H,18,19). The van der Waals surface area contributed by atoms with Crippen molar-refractivity contribution in [2.75, 3.05) is 0 Å². The number of aromatic carboxylic acids is 1. The molecule has 5 heteroatoms. The third-order valence-corrected chi connectivity index (χ3v) is 2.88. The number of rotatable bonds is 2. The fourth-order valence-corrected chi connectivity index (χ4v) is 2.07. The highest BCUT2D eigenvalue weighted by Crippen LogP contribution is 2.25. The Bertz CT molecular complexity index is 777. The molecule has 0 unspecified atom stereocenters. The van der Waals surface area contributed by atoms with Gasteiger partial charge in [0.2, 0.25) is 0 Å². The molecule has 0 aliphatic rings. The number of aromatic nitrogens is 3. The minimum absolute atomic E-state index is 0.0294. The Morgan fingerprint density at radius 3 is 2.74 bits per heavy atom. The molecule has 0 spiro atoms. The second-order valence-electron chi connectivity index (χ2n) is 4.24. The van der Waals surface area contributed by atoms with Crippen molar-refractivity contribution in [1.29, 1.82) is 0 Å². The summed E-state index contributed by atoms with van der Waals surface area (Å²) in [6.07, 6.45) is 0. The quantitative estimate of drug-likeness (QED) is 0.735. The van der Waals surface area contributed by atoms with E-state index in [4.69, 9.17) is 5.11 Å². The average Bonchev–Trinajstić information content (AvgIpc) is 2.78. The van der Waals surface area contributed by atoms with Crippen LogP contribution in [0.5, 0.6) is 0 Å². The van der Waals surface area contributed by atoms with Crippen LogP contribution in [0.2, 0.25) is 0 Å². The van der Waals surface area contributed by atoms with E-state index in [0.717, 1.165) is 22.4 Å². The zero-order valence-corrected chi connectivity index (χ0v) is 10.2. The lowest BCUT2D eigenvalue weighted by Crippen LogP contribution is -2.00. The zero-order chi connectivity index (χ0) is 13.4. The Kier molecular flexibility index (Phi) is 2.52. The summed E-state index contributed by atoms with van der Waals surface area (Å²) in [7, 11) is 0. The molecule has 0 saturated heterocycles. The van der Waals surface area contributed by atoms with Gasteiger partial charge in [0.15, 0.2) is 0 Å². The van der Waals surface area contributed by atoms with E-state index in [-0.39, 0.29) is 5.69 Å². The number of nitrogens with one attached hydrogen (secondary N) is 1. The molecule has 19 heavy (non-hydrogen) atoms. The summed E-state index contributed by atoms with van der Waals surface area (Å²) >= 11 is 0. The maximum atomic E-state index is 11.0. The van der Waals surface area contributed by atoms with E-state index >= 15 is 0 Å². The number of benzene rings is 1. The first-order valence-corrected chi connectivity index (χ1v) is 5.81. The summed E-state index contributed by atoms with van der Waals surface area (Å²) in [5.74, 6) is -0.218. The van der Waals surface area contributed by atoms with Gasteiger partial charge in [-0.05, 0) is 25.1 Å². The first-order chi connectivity index (χ1) is 9.15. The summed E-state index contributed by atoms with van der Waals surface area (Å²) in [5, 5.41) is 8.99. The lowest BCUT2D eigenvalue weighted by Gasteiger charge is -2.02. The van der Waals surface area contributed by atoms with Crippen LogP contribution in [0, 0.1) is 6.92 Å². The molecule has 0 aliphatic heterocycles. The van der Waals surface area contributed by atoms with Crippen LogP contribution in [0.4, 0.5) is 0 Å². The normalized spacial score (nSPS) is 10.8. The molecule has 0 amide bonds. The van der Waals surface area contributed by atoms with E-state index < -0.39 is 5.97 Å². The fraction of sp³-hybridized carbons (Fsp3) is 0.0714. The van der Waals surface area contributed by atoms with Gasteiger partial charge in [-0.1, -0.05) is 18.2 Å². The van der Waals surface area contributed by atoms with Crippen LogP contribution in [-0.4, -0.2) is 26.0 Å². The first kappa shape index (κ1) is 11.4. The number of para-hydroxylation sites is 1. The van der Waals surface area contributed by atoms with Gasteiger partial charge in [-0.2, -0.15) is 0 Å². The Morgan fingerprint density at radius 1 is 1.16 bits per heavy atom. The molecule has 3 rings (SSSR count). The molecule has 1 aromatic carbocycles. The predicted octanol–water partition coefficient (Wildman–Crippen LogP) is 2.63. The Hall–Kier alpha value is -2.69. The van der Waals surface area contributed by atoms with E-state index in [2.05, 4.69) is 15.0 Å². The van der Waals surface area contributed by atoms with E-state index in [9.17, 15) is 4.79 Å². The van der Waals surface area contributed by atoms with Gasteiger partial charge < -0.3 is 10.1 Å². The van der Waals surface area contributed by atoms with Crippen LogP contribution in [-0.2, 0) is 0 Å². The molecule has 94 valence electrons. The number of pyridine rings is 1. The molecule has 2 N–H and O–H groups in total. The van der Waals surface area contributed by atoms with Gasteiger partial charge in [-0.25, -0.2) is 14.8 Å². The molecule has 0 fully saturated rings. The maximum Gasteiger partial charge on any atom is 0.354 e. The third kappa shape index (κ3) is 1.95. The number of imidazole rings is 1. The molecule has 5 nitrogen and oxygen atoms in total. The number of carboxylic acids is 1. The average molecular weight is 253 g/mol. The van der Waals surface area contributed by atoms with Crippen molar-refractivity contribution in [2.24, 2.45) is 0 Å². The second-order valence-corrected chi connectivity index (χ2v) is 4.24. The highest BCUT2D eigenvalue weighted by molar-refractivity contribution is 5.92. The number of H-pyrrole nitrogens is 1. The summed E-state index contributed by atoms with van der Waals surface area (Å²) in [6.45, 7) is 1.88. The van der Waals surface area contributed by atoms with Crippen molar-refractivity contribution in [3.8, 4) is 11.3 Å². The van der Waals surface area contributed by atoms with Gasteiger partial charge in [-0.3, -0.25) is 0 Å². The Labute approximate surface area is 109 Å². The number of carbonyl (C=O) groups is 1. The number of fused-ring (bicyclic) bond motifs is 1. The minimum atomic E-state index is -1.03. The van der Waals surface area contributed by atoms with Crippen molar-refractivity contribution in [3.63, 3.8) is 0 Å². The highest BCUT2D eigenvalue weighted by Gasteiger charge is 2.11. The van der Waals surface area contributed by atoms with Gasteiger partial charge in [0.05, 0.1) is 16.7 Å². The van der Waals surface area contributed by atoms with E-state index in [1.807, 2.05) is 25.1 Å². The maximum absolute atomic E-state index is 11.0. The lowest BCUT2D eigenvalue weighted by atomic mass is 10.1. The van der Waals surface area contributed by atoms with Crippen molar-refractivity contribution >= 4 is 17.0 Å². The lowest BCUT2D eigenvalue weighted by molar-refractivity contribution is 0.0690. The van der Waals surface area contributed by atoms with Gasteiger partial charge in [0.1, 0.15) is 11.5 Å². The molecule has 2 aromatic heterocycles. The molecule has 0 atom stereocenters. The third-order valence-electron chi connectivity index (χ3n) is 2.88. The summed E-state index contributed by atoms with van der Waals surface area (Å²) in [4.78, 5) is 22.7. The molecular weight excluding hydrogens is 242 g/mol. The molecule has 0 radical (unpaired) electrons. The fourth-order valence-electron chi connectivity index (χ4n) is 2.07. The van der Waals surface area contributed by atoms with E-state index in [1.54, 1.807) is 12.1 Å². The van der Waals surface area contributed by atoms with Crippen molar-refractivity contribution < 1.29 is 9.90 Å². The van der Waals surface area contributed by atoms with E-state index in [0.29, 0.717) is 5.69 Å². The van der Waals surface area contributed by atoms with Crippen LogP contribution in [0.1, 0.15) is 16.3 Å². The van der Waals surface area contributed by atoms with Crippen LogP contribution in [0.25, 0.3) is 22.3 Å². The van der Waals surface area contributed by atoms with Gasteiger partial charge >= 0.3 is 5.97 Å². The van der Waals surface area contributed by atoms with E-state index in [1.165, 1.54) is 6.07 Å². The van der Waals surface area contributed by atoms with Crippen LogP contribution in [0.15, 0.2) is 36.4 Å². The van der Waals surface area contributed by atoms with Gasteiger partial charge in [0, 0.05) is 5.56 Å². The molecule has 2 heterocycles. The molecule has 0 aliphatic carbocycles. The first-order valence-electron chi connectivity index (χ1n) is 5.81. The summed E-state index contributed by atoms with van der Waals surface area (Å²) in [5.41, 5.74) is 3.18. The number of aryl methyl sites for hydroxylation is 1. The Balaban J connectivity index is 2.24. The van der Waals surface area contributed by atoms with Crippen LogP contribution < -0.4 is 0 Å². The summed E-state index contributed by atoms with van der Waals surface area (Å²) < 4.78 is 0. The topological polar surface area (TPSA) is 78.9 Å². The minimum Gasteiger partial charge on any atom is -0.477 e. The molecule has 0 bridgehead atoms. The monoisotopic (exact) mass is 253 g/mol. The summed E-state index contributed by atoms with van der Waals surface area (Å²) in [6, 6.07) is 10.7. The van der Waals surface area contributed by atoms with Crippen molar-refractivity contribution in [1.82, 2.24) is 15.0 Å². The van der Waals surface area contributed by atoms with Gasteiger partial charge in [-0.15, -0.1) is 0 Å². The SMILES string of the molecule is Cc1nc2c(-c3cccc(C(=O)O)n3)cccc2[nH]1. The largest absolute Gasteiger partial charge is 0.477 e. The number of carboxylic acid groups (broad SMARTS) is 1. The van der Waals surface area contributed by atoms with Gasteiger partial charge in [0.25, 0.3) is 0 Å². The number of aromatic amines is 1. The van der Waals surface area contributed by atoms with Crippen LogP contribution in [0.3, 0.4) is 0 Å². The number of hydrogen-bond acceptors (Lipinski definition) is 3. The van der Waals surface area contributed by atoms with Crippen molar-refractivity contribution in [3.05, 3.63) is 47.9 Å². The molecule has 3 aromatic rings. The van der Waals surface area contributed by atoms with Crippen LogP contribution >= 0.6 is 0 Å². The smallest absolute Gasteiger partial charge is 0.354 e. The van der Waals surface area contributed by atoms with Crippen molar-refractivity contribution in [2.45, 2.75) is 6.92 Å². The Morgan fingerprint density at radius 2 is 1.95 bits per heavy atom. The zero-order valence-electron chi connectivity index (χ0n) is 10.2. The number of nitrogens with zero attached hydrogens (tertiary/aromatic N) is 2. The highest BCUT2D eigenvalue weighted by atomic mass is 16.4.